The van der Waals surface area contributed by atoms with Crippen molar-refractivity contribution in [2.75, 3.05) is 11.9 Å². The van der Waals surface area contributed by atoms with Crippen LogP contribution in [0.4, 0.5) is 5.95 Å². The van der Waals surface area contributed by atoms with Gasteiger partial charge in [-0.05, 0) is 39.3 Å². The molecule has 0 saturated carbocycles. The van der Waals surface area contributed by atoms with E-state index in [0.717, 1.165) is 46.2 Å². The van der Waals surface area contributed by atoms with Crippen LogP contribution in [0.25, 0.3) is 22.3 Å². The third kappa shape index (κ3) is 2.97. The van der Waals surface area contributed by atoms with Gasteiger partial charge in [-0.3, -0.25) is 0 Å². The Morgan fingerprint density at radius 2 is 1.96 bits per heavy atom. The lowest BCUT2D eigenvalue weighted by atomic mass is 10.1. The van der Waals surface area contributed by atoms with E-state index in [2.05, 4.69) is 64.2 Å². The number of benzene rings is 1. The second kappa shape index (κ2) is 6.87. The first kappa shape index (κ1) is 17.3. The number of nitrogens with zero attached hydrogens (tertiary/aromatic N) is 4. The largest absolute Gasteiger partial charge is 0.361 e. The molecule has 0 aliphatic rings. The second-order valence-electron chi connectivity index (χ2n) is 6.69. The fraction of sp³-hybridized carbons (Fsp3) is 0.286. The molecule has 0 fully saturated rings. The zero-order valence-electron chi connectivity index (χ0n) is 16.0. The van der Waals surface area contributed by atoms with Gasteiger partial charge in [0.1, 0.15) is 5.76 Å². The van der Waals surface area contributed by atoms with Gasteiger partial charge in [0, 0.05) is 23.9 Å². The predicted molar refractivity (Wildman–Crippen MR) is 107 cm³/mol. The normalized spacial score (nSPS) is 12.4. The first-order valence-electron chi connectivity index (χ1n) is 9.20. The minimum absolute atomic E-state index is 0.118. The summed E-state index contributed by atoms with van der Waals surface area (Å²) in [4.78, 5) is 9.34. The predicted octanol–water partition coefficient (Wildman–Crippen LogP) is 4.74. The molecule has 4 rings (SSSR count). The van der Waals surface area contributed by atoms with Gasteiger partial charge in [0.25, 0.3) is 0 Å². The molecule has 4 aromatic rings. The zero-order chi connectivity index (χ0) is 19.0. The van der Waals surface area contributed by atoms with E-state index >= 15 is 0 Å². The molecule has 1 atom stereocenters. The zero-order valence-corrected chi connectivity index (χ0v) is 16.0. The lowest BCUT2D eigenvalue weighted by Crippen LogP contribution is -2.12. The Balaban J connectivity index is 1.92. The molecule has 0 aliphatic carbocycles. The maximum Gasteiger partial charge on any atom is 0.206 e. The number of nitrogens with one attached hydrogen (secondary N) is 1. The van der Waals surface area contributed by atoms with Crippen molar-refractivity contribution in [3.8, 4) is 11.1 Å². The summed E-state index contributed by atoms with van der Waals surface area (Å²) < 4.78 is 7.55. The second-order valence-corrected chi connectivity index (χ2v) is 6.69. The third-order valence-corrected chi connectivity index (χ3v) is 4.87. The van der Waals surface area contributed by atoms with Crippen molar-refractivity contribution in [2.24, 2.45) is 0 Å². The Kier molecular flexibility index (Phi) is 4.39. The van der Waals surface area contributed by atoms with Crippen molar-refractivity contribution < 1.29 is 4.52 Å². The molecule has 1 aromatic carbocycles. The van der Waals surface area contributed by atoms with Crippen LogP contribution in [0.3, 0.4) is 0 Å². The SMILES string of the molecule is CCNc1nc2ncc(-c3c(C)noc3C)cc2n1C(C)c1ccccc1. The van der Waals surface area contributed by atoms with Crippen LogP contribution >= 0.6 is 0 Å². The summed E-state index contributed by atoms with van der Waals surface area (Å²) in [7, 11) is 0. The molecule has 1 unspecified atom stereocenters. The van der Waals surface area contributed by atoms with E-state index in [0.29, 0.717) is 0 Å². The van der Waals surface area contributed by atoms with E-state index in [4.69, 9.17) is 9.51 Å². The minimum Gasteiger partial charge on any atom is -0.361 e. The van der Waals surface area contributed by atoms with Crippen LogP contribution < -0.4 is 5.32 Å². The number of hydrogen-bond donors (Lipinski definition) is 1. The first-order valence-corrected chi connectivity index (χ1v) is 9.20. The summed E-state index contributed by atoms with van der Waals surface area (Å²) in [6.45, 7) is 8.92. The molecule has 0 bridgehead atoms. The van der Waals surface area contributed by atoms with Crippen molar-refractivity contribution in [3.05, 3.63) is 59.6 Å². The lowest BCUT2D eigenvalue weighted by Gasteiger charge is -2.18. The number of imidazole rings is 1. The fourth-order valence-electron chi connectivity index (χ4n) is 3.56. The average Bonchev–Trinajstić information content (AvgIpc) is 3.21. The molecule has 0 aliphatic heterocycles. The van der Waals surface area contributed by atoms with E-state index in [1.165, 1.54) is 5.56 Å². The maximum atomic E-state index is 5.34. The Morgan fingerprint density at radius 3 is 2.63 bits per heavy atom. The molecule has 0 spiro atoms. The summed E-state index contributed by atoms with van der Waals surface area (Å²) in [5.41, 5.74) is 5.78. The van der Waals surface area contributed by atoms with Gasteiger partial charge in [0.2, 0.25) is 5.95 Å². The van der Waals surface area contributed by atoms with Gasteiger partial charge in [0.15, 0.2) is 5.65 Å². The van der Waals surface area contributed by atoms with Crippen LogP contribution in [0.1, 0.15) is 36.9 Å². The molecule has 6 heteroatoms. The van der Waals surface area contributed by atoms with Gasteiger partial charge >= 0.3 is 0 Å². The van der Waals surface area contributed by atoms with Crippen LogP contribution in [0.5, 0.6) is 0 Å². The quantitative estimate of drug-likeness (QED) is 0.556. The monoisotopic (exact) mass is 361 g/mol. The van der Waals surface area contributed by atoms with E-state index in [1.54, 1.807) is 0 Å². The first-order chi connectivity index (χ1) is 13.1. The highest BCUT2D eigenvalue weighted by atomic mass is 16.5. The number of anilines is 1. The van der Waals surface area contributed by atoms with Gasteiger partial charge in [-0.2, -0.15) is 4.98 Å². The Hall–Kier alpha value is -3.15. The van der Waals surface area contributed by atoms with Crippen molar-refractivity contribution in [2.45, 2.75) is 33.7 Å². The molecule has 0 radical (unpaired) electrons. The minimum atomic E-state index is 0.118. The molecule has 1 N–H and O–H groups in total. The van der Waals surface area contributed by atoms with Crippen molar-refractivity contribution >= 4 is 17.1 Å². The molecule has 3 heterocycles. The summed E-state index contributed by atoms with van der Waals surface area (Å²) in [6.07, 6.45) is 1.84. The van der Waals surface area contributed by atoms with E-state index in [1.807, 2.05) is 26.1 Å². The highest BCUT2D eigenvalue weighted by Crippen LogP contribution is 2.32. The van der Waals surface area contributed by atoms with Crippen LogP contribution in [0, 0.1) is 13.8 Å². The third-order valence-electron chi connectivity index (χ3n) is 4.87. The number of aryl methyl sites for hydroxylation is 2. The highest BCUT2D eigenvalue weighted by Gasteiger charge is 2.20. The molecule has 6 nitrogen and oxygen atoms in total. The molecule has 0 saturated heterocycles. The van der Waals surface area contributed by atoms with E-state index in [-0.39, 0.29) is 6.04 Å². The Morgan fingerprint density at radius 1 is 1.19 bits per heavy atom. The van der Waals surface area contributed by atoms with Gasteiger partial charge in [-0.1, -0.05) is 35.5 Å². The van der Waals surface area contributed by atoms with Gasteiger partial charge in [-0.15, -0.1) is 0 Å². The van der Waals surface area contributed by atoms with Crippen molar-refractivity contribution in [1.82, 2.24) is 19.7 Å². The van der Waals surface area contributed by atoms with Crippen molar-refractivity contribution in [3.63, 3.8) is 0 Å². The Bertz CT molecular complexity index is 1060. The molecule has 3 aromatic heterocycles. The highest BCUT2D eigenvalue weighted by molar-refractivity contribution is 5.82. The van der Waals surface area contributed by atoms with Gasteiger partial charge < -0.3 is 14.4 Å². The molecule has 0 amide bonds. The van der Waals surface area contributed by atoms with Crippen LogP contribution in [-0.2, 0) is 0 Å². The number of fused-ring (bicyclic) bond motifs is 1. The molecule has 27 heavy (non-hydrogen) atoms. The fourth-order valence-corrected chi connectivity index (χ4v) is 3.56. The summed E-state index contributed by atoms with van der Waals surface area (Å²) in [6, 6.07) is 12.7. The Labute approximate surface area is 158 Å². The van der Waals surface area contributed by atoms with E-state index < -0.39 is 0 Å². The van der Waals surface area contributed by atoms with Crippen LogP contribution in [-0.4, -0.2) is 26.2 Å². The summed E-state index contributed by atoms with van der Waals surface area (Å²) in [5.74, 6) is 1.62. The van der Waals surface area contributed by atoms with Crippen LogP contribution in [0.2, 0.25) is 0 Å². The smallest absolute Gasteiger partial charge is 0.206 e. The number of hydrogen-bond acceptors (Lipinski definition) is 5. The van der Waals surface area contributed by atoms with E-state index in [9.17, 15) is 0 Å². The maximum absolute atomic E-state index is 5.34. The van der Waals surface area contributed by atoms with Gasteiger partial charge in [0.05, 0.1) is 17.3 Å². The summed E-state index contributed by atoms with van der Waals surface area (Å²) in [5, 5.41) is 7.45. The topological polar surface area (TPSA) is 68.8 Å². The molecular weight excluding hydrogens is 338 g/mol. The number of aromatic nitrogens is 4. The lowest BCUT2D eigenvalue weighted by molar-refractivity contribution is 0.393. The van der Waals surface area contributed by atoms with Gasteiger partial charge in [-0.25, -0.2) is 4.98 Å². The van der Waals surface area contributed by atoms with Crippen LogP contribution in [0.15, 0.2) is 47.1 Å². The molecular formula is C21H23N5O. The average molecular weight is 361 g/mol. The number of rotatable bonds is 5. The summed E-state index contributed by atoms with van der Waals surface area (Å²) >= 11 is 0. The van der Waals surface area contributed by atoms with Crippen molar-refractivity contribution in [1.29, 1.82) is 0 Å². The number of pyridine rings is 1. The standard InChI is InChI=1S/C21H23N5O/c1-5-22-21-24-20-18(26(21)14(3)16-9-7-6-8-10-16)11-17(12-23-20)19-13(2)25-27-15(19)4/h6-12,14H,5H2,1-4H3,(H,22,23,24). The molecule has 138 valence electrons.